The minimum absolute atomic E-state index is 1.06. The van der Waals surface area contributed by atoms with Gasteiger partial charge in [0.2, 0.25) is 0 Å². The number of rotatable bonds is 2. The van der Waals surface area contributed by atoms with Gasteiger partial charge < -0.3 is 4.90 Å². The van der Waals surface area contributed by atoms with Crippen LogP contribution in [0, 0.1) is 6.92 Å². The van der Waals surface area contributed by atoms with E-state index in [9.17, 15) is 0 Å². The maximum atomic E-state index is 4.01. The first kappa shape index (κ1) is 8.85. The van der Waals surface area contributed by atoms with E-state index in [2.05, 4.69) is 25.6 Å². The van der Waals surface area contributed by atoms with Crippen molar-refractivity contribution in [2.45, 2.75) is 6.92 Å². The minimum atomic E-state index is 1.06. The lowest BCUT2D eigenvalue weighted by Gasteiger charge is -2.17. The molecule has 0 radical (unpaired) electrons. The Hall–Kier alpha value is -1.24. The highest BCUT2D eigenvalue weighted by atomic mass is 15.1. The van der Waals surface area contributed by atoms with Crippen LogP contribution in [0.5, 0.6) is 0 Å². The molecular weight excluding hydrogens is 146 g/mol. The summed E-state index contributed by atoms with van der Waals surface area (Å²) in [5.41, 5.74) is 3.56. The predicted octanol–water partition coefficient (Wildman–Crippen LogP) is 2.53. The summed E-state index contributed by atoms with van der Waals surface area (Å²) in [6.07, 6.45) is 0. The Morgan fingerprint density at radius 2 is 1.83 bits per heavy atom. The molecule has 0 aromatic heterocycles. The number of hydrogen-bond donors (Lipinski definition) is 0. The fourth-order valence-electron chi connectivity index (χ4n) is 1.14. The zero-order chi connectivity index (χ0) is 9.14. The first-order valence-corrected chi connectivity index (χ1v) is 4.05. The van der Waals surface area contributed by atoms with Crippen LogP contribution in [0.15, 0.2) is 30.8 Å². The molecule has 0 unspecified atom stereocenters. The maximum Gasteiger partial charge on any atom is 0.0364 e. The largest absolute Gasteiger partial charge is 0.378 e. The van der Waals surface area contributed by atoms with E-state index >= 15 is 0 Å². The van der Waals surface area contributed by atoms with E-state index < -0.39 is 0 Å². The van der Waals surface area contributed by atoms with Gasteiger partial charge in [-0.2, -0.15) is 0 Å². The van der Waals surface area contributed by atoms with Gasteiger partial charge in [0.05, 0.1) is 0 Å². The third kappa shape index (κ3) is 1.67. The first-order chi connectivity index (χ1) is 5.63. The van der Waals surface area contributed by atoms with Crippen molar-refractivity contribution in [1.82, 2.24) is 4.90 Å². The van der Waals surface area contributed by atoms with Gasteiger partial charge in [-0.25, -0.2) is 0 Å². The van der Waals surface area contributed by atoms with Crippen LogP contribution in [-0.4, -0.2) is 19.0 Å². The summed E-state index contributed by atoms with van der Waals surface area (Å²) in [7, 11) is 4.02. The minimum Gasteiger partial charge on any atom is -0.378 e. The molecule has 1 aromatic carbocycles. The lowest BCUT2D eigenvalue weighted by molar-refractivity contribution is 0.593. The fraction of sp³-hybridized carbons (Fsp3) is 0.273. The van der Waals surface area contributed by atoms with E-state index in [0.29, 0.717) is 0 Å². The Balaban J connectivity index is 3.03. The van der Waals surface area contributed by atoms with Crippen molar-refractivity contribution >= 4 is 5.70 Å². The van der Waals surface area contributed by atoms with Crippen molar-refractivity contribution in [3.8, 4) is 0 Å². The van der Waals surface area contributed by atoms with Gasteiger partial charge in [0.1, 0.15) is 0 Å². The summed E-state index contributed by atoms with van der Waals surface area (Å²) in [6, 6.07) is 8.28. The number of hydrogen-bond acceptors (Lipinski definition) is 1. The zero-order valence-electron chi connectivity index (χ0n) is 7.96. The Kier molecular flexibility index (Phi) is 2.54. The monoisotopic (exact) mass is 161 g/mol. The van der Waals surface area contributed by atoms with Crippen LogP contribution in [0.3, 0.4) is 0 Å². The van der Waals surface area contributed by atoms with Crippen LogP contribution in [0.2, 0.25) is 0 Å². The molecule has 0 atom stereocenters. The standard InChI is InChI=1S/C11H15N/c1-9-7-5-6-8-11(9)10(2)12(3)4/h5-8H,2H2,1,3-4H3. The van der Waals surface area contributed by atoms with E-state index in [0.717, 1.165) is 5.70 Å². The highest BCUT2D eigenvalue weighted by molar-refractivity contribution is 5.64. The molecule has 1 rings (SSSR count). The summed E-state index contributed by atoms with van der Waals surface area (Å²) in [5.74, 6) is 0. The molecule has 0 aliphatic carbocycles. The third-order valence-electron chi connectivity index (χ3n) is 2.00. The van der Waals surface area contributed by atoms with Crippen LogP contribution in [0.1, 0.15) is 11.1 Å². The molecule has 0 saturated heterocycles. The second kappa shape index (κ2) is 3.44. The van der Waals surface area contributed by atoms with E-state index in [1.807, 2.05) is 31.1 Å². The molecule has 64 valence electrons. The van der Waals surface area contributed by atoms with E-state index in [4.69, 9.17) is 0 Å². The van der Waals surface area contributed by atoms with Gasteiger partial charge in [-0.05, 0) is 12.5 Å². The molecule has 1 nitrogen and oxygen atoms in total. The smallest absolute Gasteiger partial charge is 0.0364 e. The normalized spacial score (nSPS) is 9.58. The summed E-state index contributed by atoms with van der Waals surface area (Å²) >= 11 is 0. The second-order valence-electron chi connectivity index (χ2n) is 3.16. The fourth-order valence-corrected chi connectivity index (χ4v) is 1.14. The molecule has 0 amide bonds. The number of aryl methyl sites for hydroxylation is 1. The van der Waals surface area contributed by atoms with Gasteiger partial charge in [0.25, 0.3) is 0 Å². The molecule has 12 heavy (non-hydrogen) atoms. The van der Waals surface area contributed by atoms with E-state index in [-0.39, 0.29) is 0 Å². The topological polar surface area (TPSA) is 3.24 Å². The van der Waals surface area contributed by atoms with Gasteiger partial charge in [0, 0.05) is 25.4 Å². The van der Waals surface area contributed by atoms with Gasteiger partial charge in [-0.3, -0.25) is 0 Å². The Morgan fingerprint density at radius 3 is 2.33 bits per heavy atom. The highest BCUT2D eigenvalue weighted by Gasteiger charge is 2.02. The lowest BCUT2D eigenvalue weighted by Crippen LogP contribution is -2.09. The summed E-state index contributed by atoms with van der Waals surface area (Å²) in [4.78, 5) is 2.03. The molecule has 0 N–H and O–H groups in total. The average Bonchev–Trinajstić information content (AvgIpc) is 2.04. The molecule has 0 fully saturated rings. The molecule has 0 spiro atoms. The molecule has 1 aromatic rings. The van der Waals surface area contributed by atoms with Crippen molar-refractivity contribution < 1.29 is 0 Å². The van der Waals surface area contributed by atoms with Gasteiger partial charge in [-0.15, -0.1) is 0 Å². The predicted molar refractivity (Wildman–Crippen MR) is 53.9 cm³/mol. The van der Waals surface area contributed by atoms with Crippen LogP contribution < -0.4 is 0 Å². The zero-order valence-corrected chi connectivity index (χ0v) is 7.96. The van der Waals surface area contributed by atoms with Gasteiger partial charge in [-0.1, -0.05) is 30.8 Å². The molecule has 0 aliphatic heterocycles. The Morgan fingerprint density at radius 1 is 1.25 bits per heavy atom. The summed E-state index contributed by atoms with van der Waals surface area (Å²) < 4.78 is 0. The van der Waals surface area contributed by atoms with Crippen LogP contribution in [-0.2, 0) is 0 Å². The van der Waals surface area contributed by atoms with Crippen molar-refractivity contribution in [1.29, 1.82) is 0 Å². The first-order valence-electron chi connectivity index (χ1n) is 4.05. The van der Waals surface area contributed by atoms with E-state index in [1.54, 1.807) is 0 Å². The van der Waals surface area contributed by atoms with Crippen LogP contribution in [0.4, 0.5) is 0 Å². The van der Waals surface area contributed by atoms with Crippen molar-refractivity contribution in [3.63, 3.8) is 0 Å². The third-order valence-corrected chi connectivity index (χ3v) is 2.00. The molecule has 1 heteroatoms. The van der Waals surface area contributed by atoms with Crippen molar-refractivity contribution in [2.24, 2.45) is 0 Å². The average molecular weight is 161 g/mol. The Labute approximate surface area is 74.3 Å². The lowest BCUT2D eigenvalue weighted by atomic mass is 10.1. The Bertz CT molecular complexity index is 287. The quantitative estimate of drug-likeness (QED) is 0.644. The molecule has 0 bridgehead atoms. The van der Waals surface area contributed by atoms with E-state index in [1.165, 1.54) is 11.1 Å². The van der Waals surface area contributed by atoms with Crippen LogP contribution in [0.25, 0.3) is 5.70 Å². The molecular formula is C11H15N. The van der Waals surface area contributed by atoms with Crippen molar-refractivity contribution in [3.05, 3.63) is 42.0 Å². The van der Waals surface area contributed by atoms with Gasteiger partial charge >= 0.3 is 0 Å². The molecule has 0 aliphatic rings. The van der Waals surface area contributed by atoms with Crippen LogP contribution >= 0.6 is 0 Å². The molecule has 0 saturated carbocycles. The summed E-state index contributed by atoms with van der Waals surface area (Å²) in [6.45, 7) is 6.11. The van der Waals surface area contributed by atoms with Gasteiger partial charge in [0.15, 0.2) is 0 Å². The number of nitrogens with zero attached hydrogens (tertiary/aromatic N) is 1. The van der Waals surface area contributed by atoms with Crippen molar-refractivity contribution in [2.75, 3.05) is 14.1 Å². The molecule has 0 heterocycles. The SMILES string of the molecule is C=C(c1ccccc1C)N(C)C. The summed E-state index contributed by atoms with van der Waals surface area (Å²) in [5, 5.41) is 0. The second-order valence-corrected chi connectivity index (χ2v) is 3.16. The highest BCUT2D eigenvalue weighted by Crippen LogP contribution is 2.17. The maximum absolute atomic E-state index is 4.01. The number of benzene rings is 1.